The van der Waals surface area contributed by atoms with Gasteiger partial charge in [-0.3, -0.25) is 0 Å². The van der Waals surface area contributed by atoms with Crippen LogP contribution in [-0.2, 0) is 11.2 Å². The maximum absolute atomic E-state index is 7.31. The normalized spacial score (nSPS) is 14.6. The van der Waals surface area contributed by atoms with Crippen molar-refractivity contribution in [1.29, 1.82) is 0 Å². The van der Waals surface area contributed by atoms with E-state index in [0.29, 0.717) is 6.61 Å². The molecule has 0 saturated carbocycles. The van der Waals surface area contributed by atoms with Crippen molar-refractivity contribution < 1.29 is 9.15 Å². The molecule has 4 heteroatoms. The quantitative estimate of drug-likeness (QED) is 0.0909. The van der Waals surface area contributed by atoms with Crippen LogP contribution in [0, 0.1) is 5.92 Å². The van der Waals surface area contributed by atoms with E-state index in [1.807, 2.05) is 12.2 Å². The lowest BCUT2D eigenvalue weighted by molar-refractivity contribution is 0.0715. The largest absolute Gasteiger partial charge is 0.454 e. The number of para-hydroxylation sites is 2. The Hall–Kier alpha value is -6.36. The number of hydrogen-bond donors (Lipinski definition) is 0. The highest BCUT2D eigenvalue weighted by Gasteiger charge is 2.27. The molecule has 2 unspecified atom stereocenters. The van der Waals surface area contributed by atoms with Crippen molar-refractivity contribution >= 4 is 60.8 Å². The molecule has 0 radical (unpaired) electrons. The molecular formula is C58H60N2O2. The van der Waals surface area contributed by atoms with Gasteiger partial charge in [-0.1, -0.05) is 142 Å². The number of rotatable bonds is 16. The van der Waals surface area contributed by atoms with Gasteiger partial charge in [-0.05, 0) is 104 Å². The molecule has 0 fully saturated rings. The highest BCUT2D eigenvalue weighted by atomic mass is 16.5. The first-order chi connectivity index (χ1) is 30.2. The number of furan rings is 1. The van der Waals surface area contributed by atoms with Crippen LogP contribution in [-0.4, -0.2) is 24.2 Å². The maximum Gasteiger partial charge on any atom is 0.159 e. The number of fused-ring (bicyclic) bond motifs is 1. The zero-order valence-electron chi connectivity index (χ0n) is 37.3. The summed E-state index contributed by atoms with van der Waals surface area (Å²) < 4.78 is 13.5. The molecule has 1 aliphatic carbocycles. The minimum atomic E-state index is 0.0305. The number of benzene rings is 6. The molecule has 0 spiro atoms. The van der Waals surface area contributed by atoms with E-state index in [0.717, 1.165) is 76.3 Å². The van der Waals surface area contributed by atoms with Gasteiger partial charge in [0.05, 0.1) is 24.1 Å². The van der Waals surface area contributed by atoms with Gasteiger partial charge in [-0.2, -0.15) is 0 Å². The summed E-state index contributed by atoms with van der Waals surface area (Å²) in [6.07, 6.45) is 16.2. The maximum atomic E-state index is 7.31. The molecule has 6 aromatic carbocycles. The number of allylic oxidation sites excluding steroid dienone is 7. The molecule has 8 rings (SSSR count). The third kappa shape index (κ3) is 8.20. The topological polar surface area (TPSA) is 28.9 Å². The van der Waals surface area contributed by atoms with Crippen LogP contribution in [0.5, 0.6) is 0 Å². The average Bonchev–Trinajstić information content (AvgIpc) is 3.71. The SMILES string of the molecule is C=CC(C)/C=C(/c1ccccc1)c1oc2c(N(c3ccccc3)c3ccc4cc/c(=C(/C)N(CCOC(C)C)C5=CC=CCC5)c5c(CC)ccc3c45)cccc2c1C(C)C=C. The molecule has 0 saturated heterocycles. The molecule has 314 valence electrons. The molecule has 62 heavy (non-hydrogen) atoms. The van der Waals surface area contributed by atoms with Gasteiger partial charge in [0.2, 0.25) is 0 Å². The Labute approximate surface area is 368 Å². The predicted molar refractivity (Wildman–Crippen MR) is 265 cm³/mol. The molecule has 1 aromatic heterocycles. The number of hydrogen-bond acceptors (Lipinski definition) is 4. The smallest absolute Gasteiger partial charge is 0.159 e. The van der Waals surface area contributed by atoms with Crippen LogP contribution < -0.4 is 10.1 Å². The second kappa shape index (κ2) is 18.7. The summed E-state index contributed by atoms with van der Waals surface area (Å²) in [4.78, 5) is 4.90. The minimum absolute atomic E-state index is 0.0305. The van der Waals surface area contributed by atoms with E-state index in [1.165, 1.54) is 43.7 Å². The molecule has 1 heterocycles. The van der Waals surface area contributed by atoms with Crippen LogP contribution in [0.1, 0.15) is 82.8 Å². The molecule has 7 aromatic rings. The van der Waals surface area contributed by atoms with Crippen LogP contribution in [0.3, 0.4) is 0 Å². The Balaban J connectivity index is 1.41. The van der Waals surface area contributed by atoms with Crippen molar-refractivity contribution in [3.05, 3.63) is 198 Å². The van der Waals surface area contributed by atoms with E-state index >= 15 is 0 Å². The fourth-order valence-corrected chi connectivity index (χ4v) is 9.17. The molecule has 0 bridgehead atoms. The molecule has 0 aliphatic heterocycles. The third-order valence-corrected chi connectivity index (χ3v) is 12.4. The second-order valence-corrected chi connectivity index (χ2v) is 16.8. The monoisotopic (exact) mass is 816 g/mol. The van der Waals surface area contributed by atoms with Gasteiger partial charge in [-0.25, -0.2) is 0 Å². The fraction of sp³-hybridized carbons (Fsp3) is 0.241. The number of anilines is 3. The Morgan fingerprint density at radius 1 is 0.790 bits per heavy atom. The van der Waals surface area contributed by atoms with Gasteiger partial charge in [0.25, 0.3) is 0 Å². The standard InChI is InChI=1S/C58H60N2O2/c1-9-40(6)38-51(44-22-15-12-16-23-44)58-54(41(7)10-2)50-28-21-29-53(57(50)62-58)60(47-26-19-14-20-27-47)52-35-32-45-31-33-48(55-43(11-3)30-34-49(52)56(45)55)42(8)59(36-37-61-39(4)5)46-24-17-13-18-25-46/h9-10,12-17,19-24,26-35,38-41H,1-2,11,18,25,36-37H2,3-8H3/b48-42+,51-38-. The van der Waals surface area contributed by atoms with Gasteiger partial charge in [0.1, 0.15) is 5.76 Å². The van der Waals surface area contributed by atoms with Crippen LogP contribution >= 0.6 is 0 Å². The van der Waals surface area contributed by atoms with Crippen LogP contribution in [0.25, 0.3) is 43.8 Å². The summed E-state index contributed by atoms with van der Waals surface area (Å²) in [5.74, 6) is 1.02. The molecule has 0 amide bonds. The minimum Gasteiger partial charge on any atom is -0.454 e. The summed E-state index contributed by atoms with van der Waals surface area (Å²) in [7, 11) is 0. The zero-order chi connectivity index (χ0) is 43.3. The van der Waals surface area contributed by atoms with Crippen LogP contribution in [0.4, 0.5) is 17.1 Å². The van der Waals surface area contributed by atoms with Gasteiger partial charge in [-0.15, -0.1) is 13.2 Å². The highest BCUT2D eigenvalue weighted by molar-refractivity contribution is 6.17. The van der Waals surface area contributed by atoms with Crippen molar-refractivity contribution in [3.8, 4) is 0 Å². The first-order valence-electron chi connectivity index (χ1n) is 22.4. The van der Waals surface area contributed by atoms with E-state index < -0.39 is 0 Å². The number of aryl methyl sites for hydroxylation is 1. The average molecular weight is 817 g/mol. The lowest BCUT2D eigenvalue weighted by atomic mass is 9.90. The first-order valence-corrected chi connectivity index (χ1v) is 22.4. The lowest BCUT2D eigenvalue weighted by Crippen LogP contribution is -2.30. The summed E-state index contributed by atoms with van der Waals surface area (Å²) >= 11 is 0. The highest BCUT2D eigenvalue weighted by Crippen LogP contribution is 2.48. The Morgan fingerprint density at radius 2 is 1.55 bits per heavy atom. The molecule has 4 nitrogen and oxygen atoms in total. The van der Waals surface area contributed by atoms with E-state index in [1.54, 1.807) is 0 Å². The van der Waals surface area contributed by atoms with Crippen molar-refractivity contribution in [2.75, 3.05) is 18.1 Å². The van der Waals surface area contributed by atoms with E-state index in [-0.39, 0.29) is 17.9 Å². The van der Waals surface area contributed by atoms with E-state index in [2.05, 4.69) is 204 Å². The second-order valence-electron chi connectivity index (χ2n) is 16.8. The summed E-state index contributed by atoms with van der Waals surface area (Å²) in [5, 5.41) is 7.34. The first kappa shape index (κ1) is 42.3. The summed E-state index contributed by atoms with van der Waals surface area (Å²) in [5.41, 5.74) is 11.2. The van der Waals surface area contributed by atoms with Gasteiger partial charge >= 0.3 is 0 Å². The summed E-state index contributed by atoms with van der Waals surface area (Å²) in [6, 6.07) is 41.8. The Kier molecular flexibility index (Phi) is 12.8. The lowest BCUT2D eigenvalue weighted by Gasteiger charge is -2.30. The Morgan fingerprint density at radius 3 is 2.24 bits per heavy atom. The van der Waals surface area contributed by atoms with Crippen LogP contribution in [0.2, 0.25) is 0 Å². The van der Waals surface area contributed by atoms with Crippen LogP contribution in [0.15, 0.2) is 175 Å². The van der Waals surface area contributed by atoms with Gasteiger partial charge < -0.3 is 19.0 Å². The van der Waals surface area contributed by atoms with Crippen molar-refractivity contribution in [3.63, 3.8) is 0 Å². The number of nitrogens with zero attached hydrogens (tertiary/aromatic N) is 2. The molecule has 0 N–H and O–H groups in total. The molecular weight excluding hydrogens is 757 g/mol. The van der Waals surface area contributed by atoms with Crippen molar-refractivity contribution in [2.45, 2.75) is 72.8 Å². The van der Waals surface area contributed by atoms with Crippen molar-refractivity contribution in [1.82, 2.24) is 4.90 Å². The van der Waals surface area contributed by atoms with Crippen molar-refractivity contribution in [2.24, 2.45) is 5.92 Å². The summed E-state index contributed by atoms with van der Waals surface area (Å²) in [6.45, 7) is 23.0. The van der Waals surface area contributed by atoms with E-state index in [4.69, 9.17) is 9.15 Å². The molecule has 1 aliphatic rings. The zero-order valence-corrected chi connectivity index (χ0v) is 37.3. The third-order valence-electron chi connectivity index (χ3n) is 12.4. The van der Waals surface area contributed by atoms with E-state index in [9.17, 15) is 0 Å². The van der Waals surface area contributed by atoms with Gasteiger partial charge in [0.15, 0.2) is 5.58 Å². The molecule has 2 atom stereocenters. The Bertz CT molecular complexity index is 2880. The fourth-order valence-electron chi connectivity index (χ4n) is 9.17. The predicted octanol–water partition coefficient (Wildman–Crippen LogP) is 15.1. The number of ether oxygens (including phenoxy) is 1. The van der Waals surface area contributed by atoms with Gasteiger partial charge in [0, 0.05) is 56.7 Å².